The molecule has 8 nitrogen and oxygen atoms in total. The van der Waals surface area contributed by atoms with Gasteiger partial charge in [-0.25, -0.2) is 4.57 Å². The standard InChI is InChI=1S/C41H59N5O3/c1-7-9-16-33(17-10-8-2)34-20-22-46(23-21-34)24-25-49-30-32-18-19-35(26-31-14-12-11-13-15-31)37(27-32)43-44-39(48)38(47)42-36-28-40(3,4)45-41(5,6)29-36/h11-15,18-23,27,33,36,45H,7-10,16-17,24-26,28-30H2,1-6H3,(H2-,42,43,44,47,48)/p+1. The van der Waals surface area contributed by atoms with E-state index in [-0.39, 0.29) is 17.1 Å². The van der Waals surface area contributed by atoms with Crippen molar-refractivity contribution in [3.05, 3.63) is 95.3 Å². The van der Waals surface area contributed by atoms with Gasteiger partial charge in [-0.05, 0) is 94.0 Å². The summed E-state index contributed by atoms with van der Waals surface area (Å²) in [5.74, 6) is -0.712. The Morgan fingerprint density at radius 1 is 0.878 bits per heavy atom. The molecule has 2 heterocycles. The maximum Gasteiger partial charge on any atom is 0.327 e. The lowest BCUT2D eigenvalue weighted by Crippen LogP contribution is -2.63. The van der Waals surface area contributed by atoms with E-state index >= 15 is 0 Å². The van der Waals surface area contributed by atoms with Crippen LogP contribution in [0.15, 0.2) is 73.1 Å². The first kappa shape index (κ1) is 38.1. The van der Waals surface area contributed by atoms with Crippen molar-refractivity contribution in [2.45, 2.75) is 136 Å². The van der Waals surface area contributed by atoms with Crippen LogP contribution in [0.2, 0.25) is 0 Å². The maximum absolute atomic E-state index is 12.9. The molecule has 0 bridgehead atoms. The maximum atomic E-state index is 12.9. The lowest BCUT2D eigenvalue weighted by Gasteiger charge is -2.46. The van der Waals surface area contributed by atoms with Crippen molar-refractivity contribution < 1.29 is 18.9 Å². The van der Waals surface area contributed by atoms with Crippen molar-refractivity contribution in [1.82, 2.24) is 16.1 Å². The molecule has 2 amide bonds. The zero-order valence-corrected chi connectivity index (χ0v) is 30.7. The van der Waals surface area contributed by atoms with Crippen molar-refractivity contribution in [2.75, 3.05) is 12.0 Å². The zero-order valence-electron chi connectivity index (χ0n) is 30.7. The first-order valence-electron chi connectivity index (χ1n) is 18.4. The van der Waals surface area contributed by atoms with Crippen molar-refractivity contribution >= 4 is 17.5 Å². The van der Waals surface area contributed by atoms with Crippen LogP contribution in [-0.2, 0) is 33.9 Å². The van der Waals surface area contributed by atoms with Crippen molar-refractivity contribution in [2.24, 2.45) is 0 Å². The monoisotopic (exact) mass is 670 g/mol. The fraction of sp³-hybridized carbons (Fsp3) is 0.537. The highest BCUT2D eigenvalue weighted by Gasteiger charge is 2.38. The summed E-state index contributed by atoms with van der Waals surface area (Å²) >= 11 is 0. The Kier molecular flexibility index (Phi) is 14.2. The number of piperidine rings is 1. The first-order chi connectivity index (χ1) is 23.5. The number of pyridine rings is 1. The second-order valence-electron chi connectivity index (χ2n) is 15.1. The summed E-state index contributed by atoms with van der Waals surface area (Å²) in [6.07, 6.45) is 14.1. The minimum absolute atomic E-state index is 0.0942. The normalized spacial score (nSPS) is 15.6. The number of hydrogen-bond acceptors (Lipinski definition) is 5. The fourth-order valence-electron chi connectivity index (χ4n) is 7.28. The molecule has 2 aromatic carbocycles. The van der Waals surface area contributed by atoms with Crippen LogP contribution in [0.1, 0.15) is 121 Å². The summed E-state index contributed by atoms with van der Waals surface area (Å²) in [6.45, 7) is 14.8. The van der Waals surface area contributed by atoms with Crippen molar-refractivity contribution in [3.8, 4) is 0 Å². The summed E-state index contributed by atoms with van der Waals surface area (Å²) in [5, 5.41) is 6.56. The minimum atomic E-state index is -0.716. The van der Waals surface area contributed by atoms with Gasteiger partial charge in [-0.2, -0.15) is 0 Å². The van der Waals surface area contributed by atoms with Crippen LogP contribution in [0.5, 0.6) is 0 Å². The second-order valence-corrected chi connectivity index (χ2v) is 15.1. The third-order valence-electron chi connectivity index (χ3n) is 9.42. The highest BCUT2D eigenvalue weighted by molar-refractivity contribution is 6.35. The number of nitrogens with zero attached hydrogens (tertiary/aromatic N) is 1. The van der Waals surface area contributed by atoms with E-state index in [2.05, 4.69) is 116 Å². The quantitative estimate of drug-likeness (QED) is 0.0532. The van der Waals surface area contributed by atoms with Crippen molar-refractivity contribution in [3.63, 3.8) is 0 Å². The van der Waals surface area contributed by atoms with Gasteiger partial charge in [0.25, 0.3) is 0 Å². The number of anilines is 1. The van der Waals surface area contributed by atoms with Gasteiger partial charge in [-0.15, -0.1) is 0 Å². The Morgan fingerprint density at radius 2 is 1.53 bits per heavy atom. The van der Waals surface area contributed by atoms with E-state index in [1.807, 2.05) is 24.3 Å². The Morgan fingerprint density at radius 3 is 2.16 bits per heavy atom. The third-order valence-corrected chi connectivity index (χ3v) is 9.42. The smallest absolute Gasteiger partial charge is 0.327 e. The topological polar surface area (TPSA) is 95.4 Å². The number of unbranched alkanes of at least 4 members (excludes halogenated alkanes) is 2. The fourth-order valence-corrected chi connectivity index (χ4v) is 7.28. The number of hydrogen-bond donors (Lipinski definition) is 4. The van der Waals surface area contributed by atoms with E-state index in [1.54, 1.807) is 0 Å². The van der Waals surface area contributed by atoms with Gasteiger partial charge >= 0.3 is 11.8 Å². The van der Waals surface area contributed by atoms with E-state index in [9.17, 15) is 9.59 Å². The van der Waals surface area contributed by atoms with Gasteiger partial charge in [0.2, 0.25) is 0 Å². The summed E-state index contributed by atoms with van der Waals surface area (Å²) in [5.41, 5.74) is 10.7. The molecule has 1 aliphatic heterocycles. The SMILES string of the molecule is CCCCC(CCCC)c1cc[n+](CCOCc2ccc(Cc3ccccc3)c(NNC(=O)C(=O)NC3CC(C)(C)NC(C)(C)C3)c2)cc1. The van der Waals surface area contributed by atoms with Crippen LogP contribution in [-0.4, -0.2) is 35.5 Å². The minimum Gasteiger partial charge on any atom is -0.370 e. The summed E-state index contributed by atoms with van der Waals surface area (Å²) < 4.78 is 8.28. The molecule has 0 unspecified atom stereocenters. The summed E-state index contributed by atoms with van der Waals surface area (Å²) in [6, 6.07) is 20.8. The lowest BCUT2D eigenvalue weighted by atomic mass is 9.79. The Hall–Kier alpha value is -3.75. The van der Waals surface area contributed by atoms with E-state index < -0.39 is 11.8 Å². The number of benzene rings is 2. The number of hydrazine groups is 1. The van der Waals surface area contributed by atoms with Crippen LogP contribution in [0.25, 0.3) is 0 Å². The molecule has 0 saturated carbocycles. The molecule has 3 aromatic rings. The van der Waals surface area contributed by atoms with Crippen LogP contribution >= 0.6 is 0 Å². The second kappa shape index (κ2) is 18.3. The number of rotatable bonds is 17. The molecule has 4 N–H and O–H groups in total. The summed E-state index contributed by atoms with van der Waals surface area (Å²) in [7, 11) is 0. The van der Waals surface area contributed by atoms with E-state index in [4.69, 9.17) is 4.74 Å². The highest BCUT2D eigenvalue weighted by Crippen LogP contribution is 2.29. The zero-order chi connectivity index (χ0) is 35.3. The van der Waals surface area contributed by atoms with Crippen LogP contribution in [0.3, 0.4) is 0 Å². The first-order valence-corrected chi connectivity index (χ1v) is 18.4. The Labute approximate surface area is 294 Å². The predicted molar refractivity (Wildman–Crippen MR) is 198 cm³/mol. The molecule has 8 heteroatoms. The Bertz CT molecular complexity index is 1450. The molecule has 266 valence electrons. The molecular weight excluding hydrogens is 610 g/mol. The molecule has 4 rings (SSSR count). The van der Waals surface area contributed by atoms with Gasteiger partial charge in [-0.3, -0.25) is 20.4 Å². The molecule has 1 aliphatic rings. The van der Waals surface area contributed by atoms with Crippen LogP contribution < -0.4 is 26.1 Å². The molecule has 0 spiro atoms. The number of carbonyl (C=O) groups excluding carboxylic acids is 2. The molecule has 1 fully saturated rings. The van der Waals surface area contributed by atoms with Crippen molar-refractivity contribution in [1.29, 1.82) is 0 Å². The number of nitrogens with one attached hydrogen (secondary N) is 4. The van der Waals surface area contributed by atoms with Gasteiger partial charge in [0.05, 0.1) is 12.3 Å². The van der Waals surface area contributed by atoms with Gasteiger partial charge in [0, 0.05) is 29.3 Å². The van der Waals surface area contributed by atoms with Gasteiger partial charge in [-0.1, -0.05) is 82.0 Å². The molecule has 1 saturated heterocycles. The molecule has 49 heavy (non-hydrogen) atoms. The molecular formula is C41H60N5O3+. The van der Waals surface area contributed by atoms with Gasteiger partial charge in [0.1, 0.15) is 6.61 Å². The van der Waals surface area contributed by atoms with Gasteiger partial charge in [0.15, 0.2) is 18.9 Å². The molecule has 0 radical (unpaired) electrons. The Balaban J connectivity index is 1.34. The van der Waals surface area contributed by atoms with Gasteiger partial charge < -0.3 is 15.4 Å². The number of aromatic nitrogens is 1. The average molecular weight is 671 g/mol. The summed E-state index contributed by atoms with van der Waals surface area (Å²) in [4.78, 5) is 25.9. The third kappa shape index (κ3) is 12.6. The molecule has 0 aliphatic carbocycles. The number of ether oxygens (including phenoxy) is 1. The highest BCUT2D eigenvalue weighted by atomic mass is 16.5. The van der Waals surface area contributed by atoms with Crippen LogP contribution in [0, 0.1) is 0 Å². The van der Waals surface area contributed by atoms with E-state index in [1.165, 1.54) is 44.1 Å². The largest absolute Gasteiger partial charge is 0.370 e. The van der Waals surface area contributed by atoms with E-state index in [0.717, 1.165) is 41.8 Å². The molecule has 0 atom stereocenters. The predicted octanol–water partition coefficient (Wildman–Crippen LogP) is 7.11. The average Bonchev–Trinajstić information content (AvgIpc) is 3.06. The van der Waals surface area contributed by atoms with E-state index in [0.29, 0.717) is 25.6 Å². The number of amides is 2. The molecule has 1 aromatic heterocycles. The number of carbonyl (C=O) groups is 2. The van der Waals surface area contributed by atoms with Crippen LogP contribution in [0.4, 0.5) is 5.69 Å². The lowest BCUT2D eigenvalue weighted by molar-refractivity contribution is -0.698.